The van der Waals surface area contributed by atoms with Crippen molar-refractivity contribution in [3.63, 3.8) is 0 Å². The first-order valence-corrected chi connectivity index (χ1v) is 7.68. The van der Waals surface area contributed by atoms with Gasteiger partial charge in [0.05, 0.1) is 11.6 Å². The molecule has 24 heavy (non-hydrogen) atoms. The molecule has 0 unspecified atom stereocenters. The highest BCUT2D eigenvalue weighted by atomic mass is 35.5. The number of hydrogen-bond donors (Lipinski definition) is 3. The van der Waals surface area contributed by atoms with Crippen molar-refractivity contribution in [2.24, 2.45) is 0 Å². The SMILES string of the molecule is C[C@H](NC(=O)NCCNC(=O)[C@@H](C)Cl)c1cccc(C(F)(F)F)c1. The number of carbonyl (C=O) groups excluding carboxylic acids is 2. The molecule has 1 aromatic carbocycles. The Balaban J connectivity index is 2.46. The maximum atomic E-state index is 12.7. The van der Waals surface area contributed by atoms with E-state index in [1.807, 2.05) is 0 Å². The molecule has 9 heteroatoms. The molecular weight excluding hydrogens is 347 g/mol. The Morgan fingerprint density at radius 1 is 1.17 bits per heavy atom. The summed E-state index contributed by atoms with van der Waals surface area (Å²) in [6, 6.07) is 3.60. The smallest absolute Gasteiger partial charge is 0.353 e. The standard InChI is InChI=1S/C15H19ClF3N3O2/c1-9(16)13(23)20-6-7-21-14(24)22-10(2)11-4-3-5-12(8-11)15(17,18)19/h3-5,8-10H,6-7H2,1-2H3,(H,20,23)(H2,21,22,24)/t9-,10+/m1/s1. The van der Waals surface area contributed by atoms with Gasteiger partial charge in [0.2, 0.25) is 5.91 Å². The molecule has 0 fully saturated rings. The molecule has 5 nitrogen and oxygen atoms in total. The molecule has 0 aromatic heterocycles. The van der Waals surface area contributed by atoms with Crippen molar-refractivity contribution in [3.05, 3.63) is 35.4 Å². The molecular formula is C15H19ClF3N3O2. The first kappa shape index (κ1) is 20.1. The highest BCUT2D eigenvalue weighted by Crippen LogP contribution is 2.30. The lowest BCUT2D eigenvalue weighted by Gasteiger charge is -2.17. The Kier molecular flexibility index (Phi) is 7.34. The highest BCUT2D eigenvalue weighted by molar-refractivity contribution is 6.30. The third-order valence-corrected chi connectivity index (χ3v) is 3.33. The maximum Gasteiger partial charge on any atom is 0.416 e. The monoisotopic (exact) mass is 365 g/mol. The Bertz CT molecular complexity index is 579. The molecule has 1 rings (SSSR count). The van der Waals surface area contributed by atoms with Crippen LogP contribution in [0.5, 0.6) is 0 Å². The number of hydrogen-bond acceptors (Lipinski definition) is 2. The van der Waals surface area contributed by atoms with Gasteiger partial charge in [-0.3, -0.25) is 4.79 Å². The van der Waals surface area contributed by atoms with Crippen LogP contribution in [0.3, 0.4) is 0 Å². The molecule has 0 heterocycles. The Hall–Kier alpha value is -1.96. The van der Waals surface area contributed by atoms with Crippen LogP contribution in [0, 0.1) is 0 Å². The fourth-order valence-corrected chi connectivity index (χ4v) is 1.89. The number of urea groups is 1. The molecule has 0 bridgehead atoms. The maximum absolute atomic E-state index is 12.7. The number of benzene rings is 1. The van der Waals surface area contributed by atoms with Gasteiger partial charge in [0.15, 0.2) is 0 Å². The third kappa shape index (κ3) is 6.66. The lowest BCUT2D eigenvalue weighted by Crippen LogP contribution is -2.42. The van der Waals surface area contributed by atoms with Crippen molar-refractivity contribution in [1.29, 1.82) is 0 Å². The van der Waals surface area contributed by atoms with Crippen LogP contribution >= 0.6 is 11.6 Å². The van der Waals surface area contributed by atoms with Crippen LogP contribution in [-0.4, -0.2) is 30.4 Å². The van der Waals surface area contributed by atoms with Gasteiger partial charge < -0.3 is 16.0 Å². The van der Waals surface area contributed by atoms with Crippen molar-refractivity contribution < 1.29 is 22.8 Å². The molecule has 0 aliphatic rings. The van der Waals surface area contributed by atoms with E-state index in [-0.39, 0.29) is 19.0 Å². The van der Waals surface area contributed by atoms with Gasteiger partial charge in [-0.1, -0.05) is 12.1 Å². The van der Waals surface area contributed by atoms with E-state index in [2.05, 4.69) is 16.0 Å². The number of carbonyl (C=O) groups is 2. The number of alkyl halides is 4. The fourth-order valence-electron chi connectivity index (χ4n) is 1.82. The van der Waals surface area contributed by atoms with E-state index in [0.29, 0.717) is 5.56 Å². The van der Waals surface area contributed by atoms with E-state index in [9.17, 15) is 22.8 Å². The van der Waals surface area contributed by atoms with Crippen molar-refractivity contribution >= 4 is 23.5 Å². The largest absolute Gasteiger partial charge is 0.416 e. The highest BCUT2D eigenvalue weighted by Gasteiger charge is 2.30. The number of halogens is 4. The van der Waals surface area contributed by atoms with E-state index in [1.54, 1.807) is 6.92 Å². The molecule has 0 saturated heterocycles. The van der Waals surface area contributed by atoms with E-state index in [1.165, 1.54) is 19.1 Å². The minimum atomic E-state index is -4.43. The number of amides is 3. The van der Waals surface area contributed by atoms with E-state index >= 15 is 0 Å². The van der Waals surface area contributed by atoms with Crippen molar-refractivity contribution in [3.8, 4) is 0 Å². The predicted octanol–water partition coefficient (Wildman–Crippen LogP) is 2.81. The normalized spacial score (nSPS) is 13.8. The van der Waals surface area contributed by atoms with Crippen LogP contribution in [0.15, 0.2) is 24.3 Å². The molecule has 3 amide bonds. The summed E-state index contributed by atoms with van der Waals surface area (Å²) in [4.78, 5) is 22.9. The molecule has 3 N–H and O–H groups in total. The van der Waals surface area contributed by atoms with Crippen molar-refractivity contribution in [2.75, 3.05) is 13.1 Å². The molecule has 0 spiro atoms. The van der Waals surface area contributed by atoms with Crippen LogP contribution in [-0.2, 0) is 11.0 Å². The van der Waals surface area contributed by atoms with Gasteiger partial charge in [0.25, 0.3) is 0 Å². The molecule has 134 valence electrons. The van der Waals surface area contributed by atoms with Gasteiger partial charge in [-0.15, -0.1) is 11.6 Å². The quantitative estimate of drug-likeness (QED) is 0.536. The molecule has 2 atom stereocenters. The zero-order valence-corrected chi connectivity index (χ0v) is 14.0. The summed E-state index contributed by atoms with van der Waals surface area (Å²) in [7, 11) is 0. The van der Waals surface area contributed by atoms with Crippen molar-refractivity contribution in [2.45, 2.75) is 31.4 Å². The van der Waals surface area contributed by atoms with Gasteiger partial charge in [-0.05, 0) is 31.5 Å². The van der Waals surface area contributed by atoms with Gasteiger partial charge in [-0.25, -0.2) is 4.79 Å². The lowest BCUT2D eigenvalue weighted by atomic mass is 10.1. The molecule has 0 saturated carbocycles. The Morgan fingerprint density at radius 2 is 1.79 bits per heavy atom. The summed E-state index contributed by atoms with van der Waals surface area (Å²) < 4.78 is 38.0. The zero-order chi connectivity index (χ0) is 18.3. The van der Waals surface area contributed by atoms with Gasteiger partial charge in [0.1, 0.15) is 5.38 Å². The van der Waals surface area contributed by atoms with Crippen LogP contribution in [0.1, 0.15) is 31.0 Å². The second kappa shape index (κ2) is 8.77. The van der Waals surface area contributed by atoms with E-state index in [0.717, 1.165) is 12.1 Å². The minimum Gasteiger partial charge on any atom is -0.353 e. The lowest BCUT2D eigenvalue weighted by molar-refractivity contribution is -0.137. The molecule has 0 radical (unpaired) electrons. The summed E-state index contributed by atoms with van der Waals surface area (Å²) in [6.45, 7) is 3.46. The van der Waals surface area contributed by atoms with Gasteiger partial charge >= 0.3 is 12.2 Å². The fraction of sp³-hybridized carbons (Fsp3) is 0.467. The van der Waals surface area contributed by atoms with Gasteiger partial charge in [0, 0.05) is 13.1 Å². The Labute approximate surface area is 142 Å². The van der Waals surface area contributed by atoms with Crippen LogP contribution in [0.4, 0.5) is 18.0 Å². The summed E-state index contributed by atoms with van der Waals surface area (Å²) in [5.74, 6) is -0.351. The van der Waals surface area contributed by atoms with Gasteiger partial charge in [-0.2, -0.15) is 13.2 Å². The topological polar surface area (TPSA) is 70.2 Å². The summed E-state index contributed by atoms with van der Waals surface area (Å²) in [6.07, 6.45) is -4.43. The summed E-state index contributed by atoms with van der Waals surface area (Å²) >= 11 is 5.56. The second-order valence-corrected chi connectivity index (χ2v) is 5.81. The zero-order valence-electron chi connectivity index (χ0n) is 13.2. The van der Waals surface area contributed by atoms with Crippen LogP contribution in [0.25, 0.3) is 0 Å². The van der Waals surface area contributed by atoms with E-state index in [4.69, 9.17) is 11.6 Å². The summed E-state index contributed by atoms with van der Waals surface area (Å²) in [5, 5.41) is 6.86. The predicted molar refractivity (Wildman–Crippen MR) is 84.7 cm³/mol. The third-order valence-electron chi connectivity index (χ3n) is 3.13. The average molecular weight is 366 g/mol. The molecule has 1 aromatic rings. The van der Waals surface area contributed by atoms with Crippen molar-refractivity contribution in [1.82, 2.24) is 16.0 Å². The number of rotatable bonds is 6. The average Bonchev–Trinajstić information content (AvgIpc) is 2.50. The Morgan fingerprint density at radius 3 is 2.38 bits per heavy atom. The van der Waals surface area contributed by atoms with E-state index < -0.39 is 29.2 Å². The van der Waals surface area contributed by atoms with Crippen LogP contribution < -0.4 is 16.0 Å². The number of nitrogens with one attached hydrogen (secondary N) is 3. The minimum absolute atomic E-state index is 0.163. The summed E-state index contributed by atoms with van der Waals surface area (Å²) in [5.41, 5.74) is -0.434. The first-order chi connectivity index (χ1) is 11.1. The molecule has 0 aliphatic heterocycles. The van der Waals surface area contributed by atoms with Crippen LogP contribution in [0.2, 0.25) is 0 Å². The molecule has 0 aliphatic carbocycles. The second-order valence-electron chi connectivity index (χ2n) is 5.15. The first-order valence-electron chi connectivity index (χ1n) is 7.24.